The summed E-state index contributed by atoms with van der Waals surface area (Å²) >= 11 is 0. The summed E-state index contributed by atoms with van der Waals surface area (Å²) in [5.74, 6) is 0.567. The maximum absolute atomic E-state index is 5.25. The summed E-state index contributed by atoms with van der Waals surface area (Å²) in [6, 6.07) is 17.2. The fourth-order valence-corrected chi connectivity index (χ4v) is 4.87. The fourth-order valence-electron chi connectivity index (χ4n) is 4.87. The Bertz CT molecular complexity index is 1270. The van der Waals surface area contributed by atoms with E-state index in [0.717, 1.165) is 5.52 Å². The van der Waals surface area contributed by atoms with Gasteiger partial charge < -0.3 is 9.97 Å². The van der Waals surface area contributed by atoms with Gasteiger partial charge in [-0.1, -0.05) is 55.7 Å². The van der Waals surface area contributed by atoms with Crippen molar-refractivity contribution >= 4 is 43.7 Å². The van der Waals surface area contributed by atoms with Gasteiger partial charge in [-0.2, -0.15) is 0 Å². The summed E-state index contributed by atoms with van der Waals surface area (Å²) in [5, 5.41) is 3.83. The number of hydrogen-bond acceptors (Lipinski definition) is 1. The smallest absolute Gasteiger partial charge is 0.0969 e. The third-order valence-electron chi connectivity index (χ3n) is 6.11. The molecule has 0 amide bonds. The Morgan fingerprint density at radius 1 is 0.731 bits per heavy atom. The molecular formula is C23H21N3. The molecular weight excluding hydrogens is 318 g/mol. The highest BCUT2D eigenvalue weighted by Gasteiger charge is 2.24. The van der Waals surface area contributed by atoms with Gasteiger partial charge in [-0.25, -0.2) is 4.98 Å². The average Bonchev–Trinajstić information content (AvgIpc) is 3.26. The van der Waals surface area contributed by atoms with Gasteiger partial charge in [0.2, 0.25) is 0 Å². The number of rotatable bonds is 1. The van der Waals surface area contributed by atoms with Gasteiger partial charge in [-0.05, 0) is 25.0 Å². The minimum absolute atomic E-state index is 0.567. The number of nitrogens with zero attached hydrogens (tertiary/aromatic N) is 1. The molecule has 0 bridgehead atoms. The number of pyridine rings is 1. The molecule has 1 fully saturated rings. The molecule has 1 saturated carbocycles. The highest BCUT2D eigenvalue weighted by molar-refractivity contribution is 6.23. The van der Waals surface area contributed by atoms with E-state index in [-0.39, 0.29) is 0 Å². The quantitative estimate of drug-likeness (QED) is 0.365. The van der Waals surface area contributed by atoms with Gasteiger partial charge in [0.1, 0.15) is 0 Å². The van der Waals surface area contributed by atoms with Crippen molar-refractivity contribution < 1.29 is 0 Å². The maximum Gasteiger partial charge on any atom is 0.0969 e. The zero-order valence-electron chi connectivity index (χ0n) is 14.7. The molecule has 2 aromatic carbocycles. The van der Waals surface area contributed by atoms with E-state index < -0.39 is 0 Å². The second kappa shape index (κ2) is 5.34. The Labute approximate surface area is 151 Å². The normalized spacial score (nSPS) is 16.3. The molecule has 0 spiro atoms. The molecule has 6 rings (SSSR count). The van der Waals surface area contributed by atoms with Crippen LogP contribution < -0.4 is 0 Å². The number of para-hydroxylation sites is 2. The van der Waals surface area contributed by atoms with Crippen LogP contribution in [0.1, 0.15) is 43.7 Å². The second-order valence-corrected chi connectivity index (χ2v) is 7.65. The van der Waals surface area contributed by atoms with Crippen molar-refractivity contribution in [3.05, 3.63) is 54.2 Å². The number of hydrogen-bond donors (Lipinski definition) is 2. The van der Waals surface area contributed by atoms with Crippen LogP contribution in [-0.2, 0) is 0 Å². The lowest BCUT2D eigenvalue weighted by atomic mass is 9.86. The van der Waals surface area contributed by atoms with Crippen molar-refractivity contribution in [1.82, 2.24) is 15.0 Å². The van der Waals surface area contributed by atoms with Crippen molar-refractivity contribution in [2.45, 2.75) is 38.0 Å². The third-order valence-corrected chi connectivity index (χ3v) is 6.11. The Morgan fingerprint density at radius 3 is 2.19 bits per heavy atom. The molecule has 3 heterocycles. The van der Waals surface area contributed by atoms with Gasteiger partial charge in [0.05, 0.1) is 22.2 Å². The predicted octanol–water partition coefficient (Wildman–Crippen LogP) is 6.40. The van der Waals surface area contributed by atoms with E-state index >= 15 is 0 Å². The summed E-state index contributed by atoms with van der Waals surface area (Å²) in [6.07, 6.45) is 6.51. The van der Waals surface area contributed by atoms with Crippen molar-refractivity contribution in [1.29, 1.82) is 0 Å². The molecule has 5 aromatic rings. The monoisotopic (exact) mass is 339 g/mol. The zero-order chi connectivity index (χ0) is 17.1. The zero-order valence-corrected chi connectivity index (χ0v) is 14.7. The molecule has 3 aromatic heterocycles. The van der Waals surface area contributed by atoms with E-state index in [0.29, 0.717) is 5.92 Å². The largest absolute Gasteiger partial charge is 0.353 e. The Kier molecular flexibility index (Phi) is 2.95. The van der Waals surface area contributed by atoms with E-state index in [1.54, 1.807) is 0 Å². The van der Waals surface area contributed by atoms with Gasteiger partial charge in [0.25, 0.3) is 0 Å². The SMILES string of the molecule is c1ccc2c(c1)[nH]c1c2nc(C2CCCCC2)c2[nH]c3ccccc3c21. The summed E-state index contributed by atoms with van der Waals surface area (Å²) in [7, 11) is 0. The summed E-state index contributed by atoms with van der Waals surface area (Å²) in [6.45, 7) is 0. The van der Waals surface area contributed by atoms with Crippen LogP contribution in [0.4, 0.5) is 0 Å². The van der Waals surface area contributed by atoms with Crippen LogP contribution in [-0.4, -0.2) is 15.0 Å². The highest BCUT2D eigenvalue weighted by atomic mass is 14.8. The van der Waals surface area contributed by atoms with E-state index in [2.05, 4.69) is 58.5 Å². The Morgan fingerprint density at radius 2 is 1.38 bits per heavy atom. The summed E-state index contributed by atoms with van der Waals surface area (Å²) in [4.78, 5) is 12.6. The molecule has 1 aliphatic rings. The van der Waals surface area contributed by atoms with Crippen molar-refractivity contribution in [3.63, 3.8) is 0 Å². The van der Waals surface area contributed by atoms with Crippen LogP contribution in [0, 0.1) is 0 Å². The van der Waals surface area contributed by atoms with Gasteiger partial charge in [0, 0.05) is 33.1 Å². The number of aromatic amines is 2. The number of nitrogens with one attached hydrogen (secondary N) is 2. The summed E-state index contributed by atoms with van der Waals surface area (Å²) in [5.41, 5.74) is 7.16. The molecule has 0 radical (unpaired) electrons. The van der Waals surface area contributed by atoms with E-state index in [1.807, 2.05) is 0 Å². The molecule has 3 heteroatoms. The molecule has 0 atom stereocenters. The van der Waals surface area contributed by atoms with Crippen molar-refractivity contribution in [2.24, 2.45) is 0 Å². The fraction of sp³-hybridized carbons (Fsp3) is 0.261. The average molecular weight is 339 g/mol. The molecule has 1 aliphatic carbocycles. The standard InChI is InChI=1S/C23H21N3/c1-2-8-14(9-3-1)20-22-19(15-10-4-6-12-17(15)24-22)23-21(26-20)16-11-5-7-13-18(16)25-23/h4-7,10-14,24-25H,1-3,8-9H2. The van der Waals surface area contributed by atoms with Gasteiger partial charge >= 0.3 is 0 Å². The van der Waals surface area contributed by atoms with E-state index in [9.17, 15) is 0 Å². The first-order chi connectivity index (χ1) is 12.9. The number of benzene rings is 2. The second-order valence-electron chi connectivity index (χ2n) is 7.65. The van der Waals surface area contributed by atoms with Crippen LogP contribution in [0.3, 0.4) is 0 Å². The minimum atomic E-state index is 0.567. The van der Waals surface area contributed by atoms with Crippen molar-refractivity contribution in [3.8, 4) is 0 Å². The highest BCUT2D eigenvalue weighted by Crippen LogP contribution is 2.41. The van der Waals surface area contributed by atoms with Crippen LogP contribution in [0.15, 0.2) is 48.5 Å². The molecule has 0 saturated heterocycles. The Balaban J connectivity index is 1.81. The Hall–Kier alpha value is -2.81. The summed E-state index contributed by atoms with van der Waals surface area (Å²) < 4.78 is 0. The van der Waals surface area contributed by atoms with Crippen molar-refractivity contribution in [2.75, 3.05) is 0 Å². The molecule has 128 valence electrons. The molecule has 0 aliphatic heterocycles. The van der Waals surface area contributed by atoms with Gasteiger partial charge in [0.15, 0.2) is 0 Å². The molecule has 3 nitrogen and oxygen atoms in total. The van der Waals surface area contributed by atoms with Crippen LogP contribution in [0.5, 0.6) is 0 Å². The molecule has 2 N–H and O–H groups in total. The number of fused-ring (bicyclic) bond motifs is 7. The van der Waals surface area contributed by atoms with Gasteiger partial charge in [-0.3, -0.25) is 0 Å². The van der Waals surface area contributed by atoms with Crippen LogP contribution in [0.25, 0.3) is 43.7 Å². The lowest BCUT2D eigenvalue weighted by Crippen LogP contribution is -2.07. The number of H-pyrrole nitrogens is 2. The number of aromatic nitrogens is 3. The van der Waals surface area contributed by atoms with E-state index in [1.165, 1.54) is 76.0 Å². The predicted molar refractivity (Wildman–Crippen MR) is 109 cm³/mol. The van der Waals surface area contributed by atoms with E-state index in [4.69, 9.17) is 4.98 Å². The lowest BCUT2D eigenvalue weighted by molar-refractivity contribution is 0.439. The minimum Gasteiger partial charge on any atom is -0.353 e. The van der Waals surface area contributed by atoms with Gasteiger partial charge in [-0.15, -0.1) is 0 Å². The van der Waals surface area contributed by atoms with Crippen LogP contribution >= 0.6 is 0 Å². The first kappa shape index (κ1) is 14.4. The topological polar surface area (TPSA) is 44.5 Å². The molecule has 0 unspecified atom stereocenters. The lowest BCUT2D eigenvalue weighted by Gasteiger charge is -2.21. The molecule has 26 heavy (non-hydrogen) atoms. The third kappa shape index (κ3) is 1.91. The maximum atomic E-state index is 5.25. The van der Waals surface area contributed by atoms with Crippen LogP contribution in [0.2, 0.25) is 0 Å². The first-order valence-corrected chi connectivity index (χ1v) is 9.71. The first-order valence-electron chi connectivity index (χ1n) is 9.71.